The summed E-state index contributed by atoms with van der Waals surface area (Å²) in [6.45, 7) is 8.18. The Morgan fingerprint density at radius 2 is 1.63 bits per heavy atom. The molecular formula is C22H28N2O3. The van der Waals surface area contributed by atoms with Crippen LogP contribution >= 0.6 is 0 Å². The summed E-state index contributed by atoms with van der Waals surface area (Å²) >= 11 is 0. The van der Waals surface area contributed by atoms with Crippen molar-refractivity contribution < 1.29 is 14.3 Å². The first-order chi connectivity index (χ1) is 12.8. The van der Waals surface area contributed by atoms with Gasteiger partial charge in [-0.15, -0.1) is 0 Å². The van der Waals surface area contributed by atoms with E-state index in [1.807, 2.05) is 68.1 Å². The molecule has 5 heteroatoms. The van der Waals surface area contributed by atoms with Crippen molar-refractivity contribution >= 4 is 23.4 Å². The molecule has 0 aromatic heterocycles. The van der Waals surface area contributed by atoms with Gasteiger partial charge in [0, 0.05) is 17.9 Å². The minimum absolute atomic E-state index is 0.0518. The number of carbonyl (C=O) groups excluding carboxylic acids is 2. The van der Waals surface area contributed by atoms with Gasteiger partial charge >= 0.3 is 6.09 Å². The van der Waals surface area contributed by atoms with Gasteiger partial charge in [0.15, 0.2) is 0 Å². The number of para-hydroxylation sites is 1. The predicted molar refractivity (Wildman–Crippen MR) is 109 cm³/mol. The molecule has 2 amide bonds. The van der Waals surface area contributed by atoms with E-state index in [2.05, 4.69) is 12.2 Å². The van der Waals surface area contributed by atoms with E-state index in [9.17, 15) is 9.59 Å². The van der Waals surface area contributed by atoms with Crippen molar-refractivity contribution in [3.05, 3.63) is 60.2 Å². The molecule has 27 heavy (non-hydrogen) atoms. The van der Waals surface area contributed by atoms with Crippen LogP contribution in [0.3, 0.4) is 0 Å². The van der Waals surface area contributed by atoms with Crippen LogP contribution in [-0.4, -0.2) is 24.1 Å². The maximum Gasteiger partial charge on any atom is 0.412 e. The Labute approximate surface area is 161 Å². The van der Waals surface area contributed by atoms with E-state index in [-0.39, 0.29) is 5.91 Å². The third-order valence-corrected chi connectivity index (χ3v) is 3.77. The van der Waals surface area contributed by atoms with Gasteiger partial charge in [-0.1, -0.05) is 37.3 Å². The minimum Gasteiger partial charge on any atom is -0.444 e. The van der Waals surface area contributed by atoms with Gasteiger partial charge in [0.1, 0.15) is 5.60 Å². The summed E-state index contributed by atoms with van der Waals surface area (Å²) in [5, 5.41) is 2.69. The number of nitrogens with one attached hydrogen (secondary N) is 1. The smallest absolute Gasteiger partial charge is 0.412 e. The zero-order valence-electron chi connectivity index (χ0n) is 16.5. The first kappa shape index (κ1) is 20.5. The van der Waals surface area contributed by atoms with Crippen molar-refractivity contribution in [1.82, 2.24) is 0 Å². The number of hydrogen-bond donors (Lipinski definition) is 1. The molecule has 0 unspecified atom stereocenters. The highest BCUT2D eigenvalue weighted by atomic mass is 16.6. The second-order valence-electron chi connectivity index (χ2n) is 7.38. The van der Waals surface area contributed by atoms with E-state index in [1.165, 1.54) is 0 Å². The molecule has 5 nitrogen and oxygen atoms in total. The summed E-state index contributed by atoms with van der Waals surface area (Å²) in [4.78, 5) is 26.4. The summed E-state index contributed by atoms with van der Waals surface area (Å²) in [5.41, 5.74) is 1.89. The molecule has 0 aliphatic carbocycles. The van der Waals surface area contributed by atoms with Gasteiger partial charge in [0.25, 0.3) is 0 Å². The lowest BCUT2D eigenvalue weighted by Gasteiger charge is -2.22. The molecule has 0 saturated carbocycles. The van der Waals surface area contributed by atoms with E-state index < -0.39 is 11.7 Å². The van der Waals surface area contributed by atoms with Gasteiger partial charge in [0.05, 0.1) is 6.42 Å². The van der Waals surface area contributed by atoms with Crippen molar-refractivity contribution in [2.24, 2.45) is 0 Å². The Bertz CT molecular complexity index is 749. The van der Waals surface area contributed by atoms with Crippen LogP contribution in [0.25, 0.3) is 0 Å². The molecule has 0 radical (unpaired) electrons. The minimum atomic E-state index is -0.545. The number of nitrogens with zero attached hydrogens (tertiary/aromatic N) is 1. The van der Waals surface area contributed by atoms with Crippen LogP contribution in [0, 0.1) is 0 Å². The maximum absolute atomic E-state index is 12.8. The van der Waals surface area contributed by atoms with Gasteiger partial charge in [-0.3, -0.25) is 10.1 Å². The number of ether oxygens (including phenoxy) is 1. The van der Waals surface area contributed by atoms with Gasteiger partial charge < -0.3 is 9.64 Å². The number of carbonyl (C=O) groups is 2. The Morgan fingerprint density at radius 1 is 1.00 bits per heavy atom. The van der Waals surface area contributed by atoms with E-state index in [0.717, 1.165) is 17.7 Å². The van der Waals surface area contributed by atoms with E-state index >= 15 is 0 Å². The lowest BCUT2D eigenvalue weighted by atomic mass is 10.1. The van der Waals surface area contributed by atoms with Gasteiger partial charge in [0.2, 0.25) is 5.91 Å². The van der Waals surface area contributed by atoms with Crippen molar-refractivity contribution in [3.63, 3.8) is 0 Å². The first-order valence-corrected chi connectivity index (χ1v) is 9.23. The molecule has 0 atom stereocenters. The maximum atomic E-state index is 12.8. The van der Waals surface area contributed by atoms with Crippen molar-refractivity contribution in [1.29, 1.82) is 0 Å². The SMILES string of the molecule is CCCN(C(=O)Cc1ccc(NC(=O)OC(C)(C)C)cc1)c1ccccc1. The van der Waals surface area contributed by atoms with Gasteiger partial charge in [-0.05, 0) is 57.0 Å². The fraction of sp³-hybridized carbons (Fsp3) is 0.364. The zero-order valence-corrected chi connectivity index (χ0v) is 16.5. The summed E-state index contributed by atoms with van der Waals surface area (Å²) in [5.74, 6) is 0.0518. The Morgan fingerprint density at radius 3 is 2.19 bits per heavy atom. The first-order valence-electron chi connectivity index (χ1n) is 9.23. The van der Waals surface area contributed by atoms with Crippen LogP contribution in [0.1, 0.15) is 39.7 Å². The molecule has 2 aromatic carbocycles. The molecule has 0 saturated heterocycles. The van der Waals surface area contributed by atoms with Crippen LogP contribution < -0.4 is 10.2 Å². The molecule has 1 N–H and O–H groups in total. The highest BCUT2D eigenvalue weighted by Gasteiger charge is 2.17. The molecule has 0 aliphatic heterocycles. The Balaban J connectivity index is 2.00. The second-order valence-corrected chi connectivity index (χ2v) is 7.38. The largest absolute Gasteiger partial charge is 0.444 e. The quantitative estimate of drug-likeness (QED) is 0.779. The molecule has 0 fully saturated rings. The summed E-state index contributed by atoms with van der Waals surface area (Å²) in [7, 11) is 0. The topological polar surface area (TPSA) is 58.6 Å². The molecule has 0 bridgehead atoms. The van der Waals surface area contributed by atoms with Crippen LogP contribution in [0.4, 0.5) is 16.2 Å². The average Bonchev–Trinajstić information content (AvgIpc) is 2.60. The molecule has 2 rings (SSSR count). The highest BCUT2D eigenvalue weighted by molar-refractivity contribution is 5.94. The van der Waals surface area contributed by atoms with Crippen LogP contribution in [0.15, 0.2) is 54.6 Å². The third kappa shape index (κ3) is 6.77. The number of rotatable bonds is 6. The molecule has 2 aromatic rings. The van der Waals surface area contributed by atoms with Crippen LogP contribution in [0.5, 0.6) is 0 Å². The standard InChI is InChI=1S/C22H28N2O3/c1-5-15-24(19-9-7-6-8-10-19)20(25)16-17-11-13-18(14-12-17)23-21(26)27-22(2,3)4/h6-14H,5,15-16H2,1-4H3,(H,23,26). The molecule has 0 spiro atoms. The zero-order chi connectivity index (χ0) is 19.9. The lowest BCUT2D eigenvalue weighted by Crippen LogP contribution is -2.32. The molecule has 0 heterocycles. The second kappa shape index (κ2) is 9.21. The van der Waals surface area contributed by atoms with Gasteiger partial charge in [-0.25, -0.2) is 4.79 Å². The number of amides is 2. The molecule has 0 aliphatic rings. The fourth-order valence-corrected chi connectivity index (χ4v) is 2.63. The van der Waals surface area contributed by atoms with Crippen molar-refractivity contribution in [3.8, 4) is 0 Å². The summed E-state index contributed by atoms with van der Waals surface area (Å²) < 4.78 is 5.23. The lowest BCUT2D eigenvalue weighted by molar-refractivity contribution is -0.118. The Hall–Kier alpha value is -2.82. The summed E-state index contributed by atoms with van der Waals surface area (Å²) in [6, 6.07) is 16.9. The van der Waals surface area contributed by atoms with E-state index in [4.69, 9.17) is 4.74 Å². The normalized spacial score (nSPS) is 11.0. The molecular weight excluding hydrogens is 340 g/mol. The highest BCUT2D eigenvalue weighted by Crippen LogP contribution is 2.17. The number of benzene rings is 2. The van der Waals surface area contributed by atoms with E-state index in [0.29, 0.717) is 18.7 Å². The number of hydrogen-bond acceptors (Lipinski definition) is 3. The van der Waals surface area contributed by atoms with Crippen LogP contribution in [0.2, 0.25) is 0 Å². The summed E-state index contributed by atoms with van der Waals surface area (Å²) in [6.07, 6.45) is 0.700. The monoisotopic (exact) mass is 368 g/mol. The van der Waals surface area contributed by atoms with Crippen LogP contribution in [-0.2, 0) is 16.0 Å². The van der Waals surface area contributed by atoms with Crippen molar-refractivity contribution in [2.75, 3.05) is 16.8 Å². The van der Waals surface area contributed by atoms with Gasteiger partial charge in [-0.2, -0.15) is 0 Å². The molecule has 144 valence electrons. The fourth-order valence-electron chi connectivity index (χ4n) is 2.63. The Kier molecular flexibility index (Phi) is 6.99. The van der Waals surface area contributed by atoms with E-state index in [1.54, 1.807) is 12.1 Å². The number of anilines is 2. The van der Waals surface area contributed by atoms with Crippen molar-refractivity contribution in [2.45, 2.75) is 46.1 Å². The average molecular weight is 368 g/mol. The predicted octanol–water partition coefficient (Wildman–Crippen LogP) is 5.02. The third-order valence-electron chi connectivity index (χ3n) is 3.77.